The first-order chi connectivity index (χ1) is 18.1. The van der Waals surface area contributed by atoms with E-state index in [0.717, 1.165) is 24.1 Å². The minimum Gasteiger partial charge on any atom is -0.493 e. The van der Waals surface area contributed by atoms with Crippen LogP contribution in [0.25, 0.3) is 6.08 Å². The Kier molecular flexibility index (Phi) is 6.09. The fourth-order valence-electron chi connectivity index (χ4n) is 5.77. The number of ether oxygens (including phenoxy) is 2. The molecule has 2 unspecified atom stereocenters. The van der Waals surface area contributed by atoms with Crippen LogP contribution in [0.3, 0.4) is 0 Å². The number of methoxy groups -OCH3 is 2. The normalized spacial score (nSPS) is 17.5. The summed E-state index contributed by atoms with van der Waals surface area (Å²) in [6, 6.07) is 27.4. The van der Waals surface area contributed by atoms with Crippen molar-refractivity contribution in [2.24, 2.45) is 5.92 Å². The third kappa shape index (κ3) is 4.33. The van der Waals surface area contributed by atoms with Crippen molar-refractivity contribution in [3.8, 4) is 11.5 Å². The summed E-state index contributed by atoms with van der Waals surface area (Å²) >= 11 is 0. The number of pyridine rings is 1. The van der Waals surface area contributed by atoms with Crippen molar-refractivity contribution in [2.75, 3.05) is 14.2 Å². The van der Waals surface area contributed by atoms with Gasteiger partial charge in [-0.3, -0.25) is 4.79 Å². The maximum absolute atomic E-state index is 13.4. The highest BCUT2D eigenvalue weighted by Crippen LogP contribution is 2.38. The molecule has 2 atom stereocenters. The number of fused-ring (bicyclic) bond motifs is 2. The minimum atomic E-state index is -0.0870. The number of Topliss-reactive ketones (excluding diaryl/α,β-unsaturated/α-hetero) is 1. The van der Waals surface area contributed by atoms with Gasteiger partial charge in [0.05, 0.1) is 20.1 Å². The molecular weight excluding hydrogens is 458 g/mol. The first kappa shape index (κ1) is 23.2. The predicted molar refractivity (Wildman–Crippen MR) is 144 cm³/mol. The number of hydrogen-bond donors (Lipinski definition) is 0. The quantitative estimate of drug-likeness (QED) is 0.309. The summed E-state index contributed by atoms with van der Waals surface area (Å²) in [6.07, 6.45) is 8.12. The highest BCUT2D eigenvalue weighted by molar-refractivity contribution is 6.03. The van der Waals surface area contributed by atoms with Crippen LogP contribution in [-0.2, 0) is 19.4 Å². The van der Waals surface area contributed by atoms with Crippen LogP contribution in [-0.4, -0.2) is 20.0 Å². The van der Waals surface area contributed by atoms with E-state index in [4.69, 9.17) is 9.47 Å². The second-order valence-electron chi connectivity index (χ2n) is 9.87. The Morgan fingerprint density at radius 3 is 2.43 bits per heavy atom. The van der Waals surface area contributed by atoms with Gasteiger partial charge in [-0.2, -0.15) is 4.57 Å². The van der Waals surface area contributed by atoms with Crippen molar-refractivity contribution < 1.29 is 18.8 Å². The maximum atomic E-state index is 13.4. The Morgan fingerprint density at radius 2 is 1.62 bits per heavy atom. The van der Waals surface area contributed by atoms with E-state index in [0.29, 0.717) is 17.9 Å². The SMILES string of the molecule is COc1cc2c(cc1OC)C(=O)C(Cc1cc[n+](Cc3ccccc3)c(C3C=Cc4ccccc43)c1)C2. The van der Waals surface area contributed by atoms with E-state index >= 15 is 0 Å². The molecule has 4 nitrogen and oxygen atoms in total. The Labute approximate surface area is 217 Å². The summed E-state index contributed by atoms with van der Waals surface area (Å²) in [5.41, 5.74) is 8.08. The third-order valence-corrected chi connectivity index (χ3v) is 7.64. The molecule has 4 heteroatoms. The van der Waals surface area contributed by atoms with Gasteiger partial charge in [0.1, 0.15) is 0 Å². The molecule has 0 bridgehead atoms. The Bertz CT molecular complexity index is 1510. The summed E-state index contributed by atoms with van der Waals surface area (Å²) in [4.78, 5) is 13.4. The van der Waals surface area contributed by atoms with E-state index in [9.17, 15) is 4.79 Å². The molecule has 0 radical (unpaired) electrons. The fourth-order valence-corrected chi connectivity index (χ4v) is 5.77. The van der Waals surface area contributed by atoms with Gasteiger partial charge in [0.15, 0.2) is 35.7 Å². The number of aromatic nitrogens is 1. The third-order valence-electron chi connectivity index (χ3n) is 7.64. The van der Waals surface area contributed by atoms with Crippen molar-refractivity contribution in [3.63, 3.8) is 0 Å². The van der Waals surface area contributed by atoms with E-state index in [1.54, 1.807) is 14.2 Å². The number of ketones is 1. The zero-order valence-corrected chi connectivity index (χ0v) is 21.2. The average Bonchev–Trinajstić information content (AvgIpc) is 3.50. The summed E-state index contributed by atoms with van der Waals surface area (Å²) in [6.45, 7) is 0.802. The van der Waals surface area contributed by atoms with Gasteiger partial charge in [0.2, 0.25) is 0 Å². The van der Waals surface area contributed by atoms with Crippen LogP contribution in [0.1, 0.15) is 49.8 Å². The number of nitrogens with zero attached hydrogens (tertiary/aromatic N) is 1. The zero-order valence-electron chi connectivity index (χ0n) is 21.2. The Hall–Kier alpha value is -4.18. The number of benzene rings is 3. The smallest absolute Gasteiger partial charge is 0.193 e. The molecule has 4 aromatic rings. The molecular formula is C33H30NO3+. The standard InChI is InChI=1S/C33H30NO3/c1-36-31-19-25-18-26(33(35)29(25)20-32(31)37-2)16-23-14-15-34(21-22-8-4-3-5-9-22)30(17-23)28-13-12-24-10-6-7-11-27(24)28/h3-15,17,19-20,26,28H,16,18,21H2,1-2H3/q+1. The summed E-state index contributed by atoms with van der Waals surface area (Å²) in [5.74, 6) is 1.56. The van der Waals surface area contributed by atoms with Crippen LogP contribution in [0.2, 0.25) is 0 Å². The van der Waals surface area contributed by atoms with Crippen LogP contribution >= 0.6 is 0 Å². The van der Waals surface area contributed by atoms with E-state index in [1.165, 1.54) is 27.9 Å². The summed E-state index contributed by atoms with van der Waals surface area (Å²) < 4.78 is 13.3. The molecule has 37 heavy (non-hydrogen) atoms. The van der Waals surface area contributed by atoms with Gasteiger partial charge in [0, 0.05) is 29.2 Å². The van der Waals surface area contributed by atoms with Crippen LogP contribution in [0.4, 0.5) is 0 Å². The van der Waals surface area contributed by atoms with Gasteiger partial charge in [-0.25, -0.2) is 0 Å². The number of hydrogen-bond acceptors (Lipinski definition) is 3. The van der Waals surface area contributed by atoms with Crippen molar-refractivity contribution in [2.45, 2.75) is 25.3 Å². The van der Waals surface area contributed by atoms with Crippen LogP contribution < -0.4 is 14.0 Å². The zero-order chi connectivity index (χ0) is 25.4. The number of carbonyl (C=O) groups excluding carboxylic acids is 1. The second kappa shape index (κ2) is 9.70. The number of carbonyl (C=O) groups is 1. The molecule has 1 aromatic heterocycles. The number of allylic oxidation sites excluding steroid dienone is 1. The van der Waals surface area contributed by atoms with Crippen molar-refractivity contribution in [1.82, 2.24) is 0 Å². The molecule has 2 aliphatic rings. The van der Waals surface area contributed by atoms with Gasteiger partial charge in [-0.15, -0.1) is 0 Å². The first-order valence-electron chi connectivity index (χ1n) is 12.8. The largest absolute Gasteiger partial charge is 0.493 e. The molecule has 0 aliphatic heterocycles. The molecule has 0 N–H and O–H groups in total. The lowest BCUT2D eigenvalue weighted by molar-refractivity contribution is -0.696. The monoisotopic (exact) mass is 488 g/mol. The van der Waals surface area contributed by atoms with Gasteiger partial charge >= 0.3 is 0 Å². The lowest BCUT2D eigenvalue weighted by Crippen LogP contribution is -2.40. The summed E-state index contributed by atoms with van der Waals surface area (Å²) in [5, 5.41) is 0. The Morgan fingerprint density at radius 1 is 0.865 bits per heavy atom. The fraction of sp³-hybridized carbons (Fsp3) is 0.212. The molecule has 3 aromatic carbocycles. The van der Waals surface area contributed by atoms with Gasteiger partial charge in [-0.1, -0.05) is 66.7 Å². The van der Waals surface area contributed by atoms with Gasteiger partial charge in [0.25, 0.3) is 0 Å². The number of rotatable bonds is 7. The highest BCUT2D eigenvalue weighted by Gasteiger charge is 2.33. The Balaban J connectivity index is 1.33. The van der Waals surface area contributed by atoms with Crippen LogP contribution in [0, 0.1) is 5.92 Å². The van der Waals surface area contributed by atoms with E-state index in [2.05, 4.69) is 89.6 Å². The lowest BCUT2D eigenvalue weighted by Gasteiger charge is -2.14. The van der Waals surface area contributed by atoms with Crippen LogP contribution in [0.5, 0.6) is 11.5 Å². The van der Waals surface area contributed by atoms with Crippen molar-refractivity contribution in [1.29, 1.82) is 0 Å². The van der Waals surface area contributed by atoms with Gasteiger partial charge < -0.3 is 9.47 Å². The predicted octanol–water partition coefficient (Wildman–Crippen LogP) is 5.80. The van der Waals surface area contributed by atoms with Gasteiger partial charge in [-0.05, 0) is 47.2 Å². The van der Waals surface area contributed by atoms with E-state index < -0.39 is 0 Å². The second-order valence-corrected chi connectivity index (χ2v) is 9.87. The molecule has 6 rings (SSSR count). The van der Waals surface area contributed by atoms with E-state index in [1.807, 2.05) is 12.1 Å². The van der Waals surface area contributed by atoms with Crippen molar-refractivity contribution in [3.05, 3.63) is 130 Å². The molecule has 2 aliphatic carbocycles. The molecule has 0 spiro atoms. The highest BCUT2D eigenvalue weighted by atomic mass is 16.5. The average molecular weight is 489 g/mol. The first-order valence-corrected chi connectivity index (χ1v) is 12.8. The molecule has 0 fully saturated rings. The topological polar surface area (TPSA) is 39.4 Å². The molecule has 1 heterocycles. The van der Waals surface area contributed by atoms with Crippen molar-refractivity contribution >= 4 is 11.9 Å². The molecule has 0 saturated carbocycles. The molecule has 0 saturated heterocycles. The lowest BCUT2D eigenvalue weighted by atomic mass is 9.92. The molecule has 184 valence electrons. The minimum absolute atomic E-state index is 0.0870. The van der Waals surface area contributed by atoms with E-state index in [-0.39, 0.29) is 17.6 Å². The maximum Gasteiger partial charge on any atom is 0.193 e. The molecule has 0 amide bonds. The van der Waals surface area contributed by atoms with Crippen LogP contribution in [0.15, 0.2) is 91.1 Å². The summed E-state index contributed by atoms with van der Waals surface area (Å²) in [7, 11) is 3.23.